The summed E-state index contributed by atoms with van der Waals surface area (Å²) in [4.78, 5) is 12.2. The van der Waals surface area contributed by atoms with Crippen molar-refractivity contribution in [3.05, 3.63) is 29.3 Å². The molecule has 0 saturated heterocycles. The van der Waals surface area contributed by atoms with E-state index >= 15 is 0 Å². The van der Waals surface area contributed by atoms with Crippen molar-refractivity contribution in [2.75, 3.05) is 5.75 Å². The summed E-state index contributed by atoms with van der Waals surface area (Å²) in [5, 5.41) is 8.85. The Kier molecular flexibility index (Phi) is 4.11. The van der Waals surface area contributed by atoms with Gasteiger partial charge in [-0.1, -0.05) is 19.1 Å². The molecule has 1 unspecified atom stereocenters. The molecule has 0 bridgehead atoms. The van der Waals surface area contributed by atoms with E-state index in [-0.39, 0.29) is 5.92 Å². The van der Waals surface area contributed by atoms with Gasteiger partial charge in [-0.2, -0.15) is 0 Å². The number of hydrogen-bond acceptors (Lipinski definition) is 2. The average Bonchev–Trinajstić information content (AvgIpc) is 2.35. The molecule has 3 heteroatoms. The second kappa shape index (κ2) is 5.58. The third kappa shape index (κ3) is 3.25. The van der Waals surface area contributed by atoms with Gasteiger partial charge in [0.15, 0.2) is 0 Å². The Morgan fingerprint density at radius 1 is 1.53 bits per heavy atom. The summed E-state index contributed by atoms with van der Waals surface area (Å²) in [6.45, 7) is 1.77. The highest BCUT2D eigenvalue weighted by atomic mass is 32.2. The summed E-state index contributed by atoms with van der Waals surface area (Å²) in [5.41, 5.74) is 2.72. The molecule has 1 aliphatic rings. The summed E-state index contributed by atoms with van der Waals surface area (Å²) in [7, 11) is 0. The molecule has 1 aliphatic heterocycles. The van der Waals surface area contributed by atoms with Crippen LogP contribution in [0.5, 0.6) is 0 Å². The smallest absolute Gasteiger partial charge is 0.306 e. The average molecular weight is 250 g/mol. The number of aryl methyl sites for hydroxylation is 2. The second-order valence-electron chi connectivity index (χ2n) is 4.67. The van der Waals surface area contributed by atoms with Crippen molar-refractivity contribution < 1.29 is 9.90 Å². The normalized spacial score (nSPS) is 16.3. The van der Waals surface area contributed by atoms with Crippen molar-refractivity contribution in [1.29, 1.82) is 0 Å². The molecule has 17 heavy (non-hydrogen) atoms. The van der Waals surface area contributed by atoms with Crippen LogP contribution >= 0.6 is 11.8 Å². The Hall–Kier alpha value is -0.960. The standard InChI is InChI=1S/C14H18O2S/c1-10(14(15)16)4-5-11-6-7-13-12(9-11)3-2-8-17-13/h6-7,9-10H,2-5,8H2,1H3,(H,15,16). The topological polar surface area (TPSA) is 37.3 Å². The molecule has 0 fully saturated rings. The number of rotatable bonds is 4. The lowest BCUT2D eigenvalue weighted by molar-refractivity contribution is -0.141. The number of fused-ring (bicyclic) bond motifs is 1. The summed E-state index contributed by atoms with van der Waals surface area (Å²) in [6, 6.07) is 6.60. The minimum atomic E-state index is -0.696. The first-order valence-corrected chi connectivity index (χ1v) is 7.13. The molecule has 1 aromatic carbocycles. The quantitative estimate of drug-likeness (QED) is 0.890. The molecule has 1 N–H and O–H groups in total. The van der Waals surface area contributed by atoms with Gasteiger partial charge in [0, 0.05) is 4.90 Å². The van der Waals surface area contributed by atoms with Gasteiger partial charge in [-0.05, 0) is 48.6 Å². The van der Waals surface area contributed by atoms with Crippen LogP contribution in [0.25, 0.3) is 0 Å². The van der Waals surface area contributed by atoms with Crippen LogP contribution in [0.3, 0.4) is 0 Å². The van der Waals surface area contributed by atoms with Gasteiger partial charge in [0.2, 0.25) is 0 Å². The number of aliphatic carboxylic acids is 1. The number of carboxylic acids is 1. The summed E-state index contributed by atoms with van der Waals surface area (Å²) >= 11 is 1.93. The van der Waals surface area contributed by atoms with Crippen LogP contribution in [0.1, 0.15) is 30.9 Å². The summed E-state index contributed by atoms with van der Waals surface area (Å²) in [5.74, 6) is 0.279. The molecular formula is C14H18O2S. The molecule has 0 saturated carbocycles. The molecule has 1 aromatic rings. The highest BCUT2D eigenvalue weighted by Gasteiger charge is 2.13. The van der Waals surface area contributed by atoms with Gasteiger partial charge >= 0.3 is 5.97 Å². The van der Waals surface area contributed by atoms with Gasteiger partial charge in [0.1, 0.15) is 0 Å². The van der Waals surface area contributed by atoms with E-state index in [0.717, 1.165) is 12.8 Å². The van der Waals surface area contributed by atoms with E-state index in [1.807, 2.05) is 11.8 Å². The lowest BCUT2D eigenvalue weighted by atomic mass is 9.98. The molecule has 2 nitrogen and oxygen atoms in total. The van der Waals surface area contributed by atoms with Crippen LogP contribution in [0.2, 0.25) is 0 Å². The van der Waals surface area contributed by atoms with Gasteiger partial charge in [0.25, 0.3) is 0 Å². The Morgan fingerprint density at radius 3 is 3.12 bits per heavy atom. The zero-order valence-electron chi connectivity index (χ0n) is 10.1. The summed E-state index contributed by atoms with van der Waals surface area (Å²) < 4.78 is 0. The Balaban J connectivity index is 2.00. The predicted molar refractivity (Wildman–Crippen MR) is 70.6 cm³/mol. The van der Waals surface area contributed by atoms with Crippen LogP contribution in [-0.2, 0) is 17.6 Å². The van der Waals surface area contributed by atoms with Crippen molar-refractivity contribution in [2.45, 2.75) is 37.5 Å². The van der Waals surface area contributed by atoms with Crippen molar-refractivity contribution in [1.82, 2.24) is 0 Å². The first kappa shape index (κ1) is 12.5. The van der Waals surface area contributed by atoms with E-state index < -0.39 is 5.97 Å². The van der Waals surface area contributed by atoms with Gasteiger partial charge in [0.05, 0.1) is 5.92 Å². The van der Waals surface area contributed by atoms with E-state index in [4.69, 9.17) is 5.11 Å². The predicted octanol–water partition coefficient (Wildman–Crippen LogP) is 3.38. The number of thioether (sulfide) groups is 1. The SMILES string of the molecule is CC(CCc1ccc2c(c1)CCCS2)C(=O)O. The Labute approximate surface area is 106 Å². The molecule has 0 radical (unpaired) electrons. The Morgan fingerprint density at radius 2 is 2.35 bits per heavy atom. The fraction of sp³-hybridized carbons (Fsp3) is 0.500. The third-order valence-corrected chi connectivity index (χ3v) is 4.46. The minimum Gasteiger partial charge on any atom is -0.481 e. The molecule has 92 valence electrons. The van der Waals surface area contributed by atoms with Gasteiger partial charge in [-0.3, -0.25) is 4.79 Å². The van der Waals surface area contributed by atoms with Crippen LogP contribution in [0, 0.1) is 5.92 Å². The van der Waals surface area contributed by atoms with Crippen LogP contribution in [-0.4, -0.2) is 16.8 Å². The third-order valence-electron chi connectivity index (χ3n) is 3.26. The maximum atomic E-state index is 10.7. The molecule has 0 aromatic heterocycles. The van der Waals surface area contributed by atoms with Crippen LogP contribution in [0.4, 0.5) is 0 Å². The minimum absolute atomic E-state index is 0.250. The molecule has 1 heterocycles. The van der Waals surface area contributed by atoms with Gasteiger partial charge in [-0.25, -0.2) is 0 Å². The number of carboxylic acid groups (broad SMARTS) is 1. The van der Waals surface area contributed by atoms with E-state index in [1.54, 1.807) is 6.92 Å². The van der Waals surface area contributed by atoms with Crippen molar-refractivity contribution in [2.24, 2.45) is 5.92 Å². The fourth-order valence-corrected chi connectivity index (χ4v) is 3.10. The highest BCUT2D eigenvalue weighted by Crippen LogP contribution is 2.30. The Bertz CT molecular complexity index is 415. The summed E-state index contributed by atoms with van der Waals surface area (Å²) in [6.07, 6.45) is 4.02. The first-order chi connectivity index (χ1) is 8.16. The van der Waals surface area contributed by atoms with Gasteiger partial charge < -0.3 is 5.11 Å². The monoisotopic (exact) mass is 250 g/mol. The zero-order valence-corrected chi connectivity index (χ0v) is 10.9. The zero-order chi connectivity index (χ0) is 12.3. The number of hydrogen-bond donors (Lipinski definition) is 1. The maximum absolute atomic E-state index is 10.7. The van der Waals surface area contributed by atoms with Crippen molar-refractivity contribution in [3.63, 3.8) is 0 Å². The number of carbonyl (C=O) groups is 1. The van der Waals surface area contributed by atoms with Gasteiger partial charge in [-0.15, -0.1) is 11.8 Å². The lowest BCUT2D eigenvalue weighted by Crippen LogP contribution is -2.10. The largest absolute Gasteiger partial charge is 0.481 e. The molecule has 2 rings (SSSR count). The van der Waals surface area contributed by atoms with Crippen LogP contribution < -0.4 is 0 Å². The van der Waals surface area contributed by atoms with Crippen molar-refractivity contribution >= 4 is 17.7 Å². The second-order valence-corrected chi connectivity index (χ2v) is 5.81. The lowest BCUT2D eigenvalue weighted by Gasteiger charge is -2.16. The molecule has 0 aliphatic carbocycles. The van der Waals surface area contributed by atoms with E-state index in [9.17, 15) is 4.79 Å². The molecule has 0 spiro atoms. The van der Waals surface area contributed by atoms with Crippen molar-refractivity contribution in [3.8, 4) is 0 Å². The molecular weight excluding hydrogens is 232 g/mol. The fourth-order valence-electron chi connectivity index (χ4n) is 2.08. The van der Waals surface area contributed by atoms with E-state index in [2.05, 4.69) is 18.2 Å². The van der Waals surface area contributed by atoms with Crippen LogP contribution in [0.15, 0.2) is 23.1 Å². The van der Waals surface area contributed by atoms with E-state index in [0.29, 0.717) is 0 Å². The first-order valence-electron chi connectivity index (χ1n) is 6.14. The highest BCUT2D eigenvalue weighted by molar-refractivity contribution is 7.99. The molecule has 0 amide bonds. The maximum Gasteiger partial charge on any atom is 0.306 e. The number of benzene rings is 1. The van der Waals surface area contributed by atoms with E-state index in [1.165, 1.54) is 34.6 Å². The molecule has 1 atom stereocenters.